The van der Waals surface area contributed by atoms with Crippen molar-refractivity contribution in [3.05, 3.63) is 67.1 Å². The number of anilines is 3. The zero-order valence-corrected chi connectivity index (χ0v) is 16.8. The second kappa shape index (κ2) is 8.04. The lowest BCUT2D eigenvalue weighted by molar-refractivity contribution is 0.122. The normalized spacial score (nSPS) is 14.1. The van der Waals surface area contributed by atoms with E-state index in [4.69, 9.17) is 9.47 Å². The molecule has 1 fully saturated rings. The number of imidazole rings is 1. The van der Waals surface area contributed by atoms with Crippen LogP contribution in [0.5, 0.6) is 5.75 Å². The Morgan fingerprint density at radius 3 is 2.67 bits per heavy atom. The van der Waals surface area contributed by atoms with Crippen LogP contribution in [0.4, 0.5) is 17.2 Å². The van der Waals surface area contributed by atoms with Crippen LogP contribution in [0.15, 0.2) is 67.1 Å². The van der Waals surface area contributed by atoms with Crippen molar-refractivity contribution in [3.63, 3.8) is 0 Å². The van der Waals surface area contributed by atoms with Crippen molar-refractivity contribution in [3.8, 4) is 17.0 Å². The van der Waals surface area contributed by atoms with Gasteiger partial charge in [-0.1, -0.05) is 12.1 Å². The molecule has 7 nitrogen and oxygen atoms in total. The summed E-state index contributed by atoms with van der Waals surface area (Å²) in [5.74, 6) is 1.52. The minimum Gasteiger partial charge on any atom is -0.497 e. The van der Waals surface area contributed by atoms with Crippen LogP contribution in [0.1, 0.15) is 0 Å². The molecule has 0 saturated carbocycles. The van der Waals surface area contributed by atoms with Crippen molar-refractivity contribution in [2.45, 2.75) is 0 Å². The van der Waals surface area contributed by atoms with Gasteiger partial charge >= 0.3 is 0 Å². The van der Waals surface area contributed by atoms with Crippen molar-refractivity contribution < 1.29 is 9.47 Å². The van der Waals surface area contributed by atoms with Crippen LogP contribution in [-0.4, -0.2) is 47.8 Å². The first-order valence-electron chi connectivity index (χ1n) is 9.98. The maximum atomic E-state index is 5.43. The van der Waals surface area contributed by atoms with Crippen molar-refractivity contribution in [2.75, 3.05) is 43.6 Å². The van der Waals surface area contributed by atoms with E-state index < -0.39 is 0 Å². The van der Waals surface area contributed by atoms with Crippen molar-refractivity contribution in [2.24, 2.45) is 0 Å². The Morgan fingerprint density at radius 2 is 1.87 bits per heavy atom. The summed E-state index contributed by atoms with van der Waals surface area (Å²) in [5, 5.41) is 3.40. The van der Waals surface area contributed by atoms with Gasteiger partial charge in [0.25, 0.3) is 0 Å². The topological polar surface area (TPSA) is 63.9 Å². The molecule has 0 radical (unpaired) electrons. The Kier molecular flexibility index (Phi) is 4.94. The van der Waals surface area contributed by atoms with E-state index in [9.17, 15) is 0 Å². The first-order chi connectivity index (χ1) is 14.8. The van der Waals surface area contributed by atoms with Gasteiger partial charge in [0.05, 0.1) is 32.2 Å². The van der Waals surface area contributed by atoms with Gasteiger partial charge in [0, 0.05) is 42.4 Å². The van der Waals surface area contributed by atoms with E-state index in [0.29, 0.717) is 5.82 Å². The van der Waals surface area contributed by atoms with E-state index in [1.165, 1.54) is 5.69 Å². The highest BCUT2D eigenvalue weighted by Gasteiger charge is 2.13. The summed E-state index contributed by atoms with van der Waals surface area (Å²) < 4.78 is 12.8. The molecule has 5 rings (SSSR count). The van der Waals surface area contributed by atoms with Crippen LogP contribution in [0.3, 0.4) is 0 Å². The number of hydrogen-bond acceptors (Lipinski definition) is 6. The zero-order chi connectivity index (χ0) is 20.3. The molecule has 1 N–H and O–H groups in total. The standard InChI is InChI=1S/C23H23N5O2/c1-29-20-4-2-3-17(15-20)21-16-25-22(23-24-9-10-28(21)23)26-18-5-7-19(8-6-18)27-11-13-30-14-12-27/h2-10,15-16H,11-14H2,1H3,(H,25,26). The van der Waals surface area contributed by atoms with Crippen molar-refractivity contribution in [1.82, 2.24) is 14.4 Å². The molecule has 0 aliphatic carbocycles. The number of nitrogens with zero attached hydrogens (tertiary/aromatic N) is 4. The molecule has 0 bridgehead atoms. The molecule has 1 aliphatic rings. The zero-order valence-electron chi connectivity index (χ0n) is 16.8. The summed E-state index contributed by atoms with van der Waals surface area (Å²) in [7, 11) is 1.67. The van der Waals surface area contributed by atoms with E-state index in [0.717, 1.165) is 54.6 Å². The van der Waals surface area contributed by atoms with E-state index in [-0.39, 0.29) is 0 Å². The number of ether oxygens (including phenoxy) is 2. The van der Waals surface area contributed by atoms with Gasteiger partial charge in [-0.25, -0.2) is 9.97 Å². The molecule has 0 amide bonds. The third-order valence-electron chi connectivity index (χ3n) is 5.30. The number of fused-ring (bicyclic) bond motifs is 1. The number of rotatable bonds is 5. The van der Waals surface area contributed by atoms with Gasteiger partial charge in [-0.15, -0.1) is 0 Å². The van der Waals surface area contributed by atoms with Gasteiger partial charge in [0.2, 0.25) is 0 Å². The highest BCUT2D eigenvalue weighted by Crippen LogP contribution is 2.28. The van der Waals surface area contributed by atoms with Gasteiger partial charge in [-0.2, -0.15) is 0 Å². The Morgan fingerprint density at radius 1 is 1.03 bits per heavy atom. The largest absolute Gasteiger partial charge is 0.497 e. The maximum Gasteiger partial charge on any atom is 0.180 e. The number of nitrogens with one attached hydrogen (secondary N) is 1. The molecule has 0 atom stereocenters. The quantitative estimate of drug-likeness (QED) is 0.546. The second-order valence-electron chi connectivity index (χ2n) is 7.12. The smallest absolute Gasteiger partial charge is 0.180 e. The maximum absolute atomic E-state index is 5.43. The fourth-order valence-electron chi connectivity index (χ4n) is 3.72. The molecule has 4 aromatic rings. The summed E-state index contributed by atoms with van der Waals surface area (Å²) in [5.41, 5.74) is 4.92. The van der Waals surface area contributed by atoms with E-state index in [1.54, 1.807) is 13.3 Å². The van der Waals surface area contributed by atoms with E-state index in [1.807, 2.05) is 41.1 Å². The Balaban J connectivity index is 1.42. The van der Waals surface area contributed by atoms with Crippen LogP contribution in [0.25, 0.3) is 16.9 Å². The lowest BCUT2D eigenvalue weighted by atomic mass is 10.1. The highest BCUT2D eigenvalue weighted by atomic mass is 16.5. The SMILES string of the molecule is COc1cccc(-c2cnc(Nc3ccc(N4CCOCC4)cc3)c3nccn23)c1. The summed E-state index contributed by atoms with van der Waals surface area (Å²) in [6, 6.07) is 16.3. The first-order valence-corrected chi connectivity index (χ1v) is 9.98. The van der Waals surface area contributed by atoms with E-state index >= 15 is 0 Å². The third-order valence-corrected chi connectivity index (χ3v) is 5.30. The summed E-state index contributed by atoms with van der Waals surface area (Å²) in [6.07, 6.45) is 5.58. The number of hydrogen-bond donors (Lipinski definition) is 1. The van der Waals surface area contributed by atoms with Crippen LogP contribution < -0.4 is 15.0 Å². The summed E-state index contributed by atoms with van der Waals surface area (Å²) in [6.45, 7) is 3.41. The van der Waals surface area contributed by atoms with Gasteiger partial charge in [-0.3, -0.25) is 4.40 Å². The van der Waals surface area contributed by atoms with Crippen LogP contribution in [0.2, 0.25) is 0 Å². The van der Waals surface area contributed by atoms with Crippen molar-refractivity contribution >= 4 is 22.8 Å². The van der Waals surface area contributed by atoms with E-state index in [2.05, 4.69) is 44.5 Å². The van der Waals surface area contributed by atoms with Crippen LogP contribution in [-0.2, 0) is 4.74 Å². The Bertz CT molecular complexity index is 1150. The predicted molar refractivity (Wildman–Crippen MR) is 118 cm³/mol. The molecular formula is C23H23N5O2. The fourth-order valence-corrected chi connectivity index (χ4v) is 3.72. The predicted octanol–water partition coefficient (Wildman–Crippen LogP) is 3.99. The number of aromatic nitrogens is 3. The molecule has 1 aliphatic heterocycles. The molecule has 3 heterocycles. The highest BCUT2D eigenvalue weighted by molar-refractivity contribution is 5.75. The second-order valence-corrected chi connectivity index (χ2v) is 7.12. The minimum atomic E-state index is 0.714. The third kappa shape index (κ3) is 3.55. The molecular weight excluding hydrogens is 378 g/mol. The monoisotopic (exact) mass is 401 g/mol. The van der Waals surface area contributed by atoms with Gasteiger partial charge in [-0.05, 0) is 36.4 Å². The number of benzene rings is 2. The lowest BCUT2D eigenvalue weighted by Gasteiger charge is -2.28. The molecule has 0 unspecified atom stereocenters. The van der Waals surface area contributed by atoms with Crippen molar-refractivity contribution in [1.29, 1.82) is 0 Å². The number of methoxy groups -OCH3 is 1. The van der Waals surface area contributed by atoms with Gasteiger partial charge in [0.15, 0.2) is 11.5 Å². The molecule has 152 valence electrons. The summed E-state index contributed by atoms with van der Waals surface area (Å²) >= 11 is 0. The van der Waals surface area contributed by atoms with Crippen LogP contribution >= 0.6 is 0 Å². The molecule has 2 aromatic carbocycles. The minimum absolute atomic E-state index is 0.714. The Labute approximate surface area is 174 Å². The average molecular weight is 401 g/mol. The number of morpholine rings is 1. The average Bonchev–Trinajstić information content (AvgIpc) is 3.31. The lowest BCUT2D eigenvalue weighted by Crippen LogP contribution is -2.36. The molecule has 7 heteroatoms. The van der Waals surface area contributed by atoms with Crippen LogP contribution in [0, 0.1) is 0 Å². The molecule has 2 aromatic heterocycles. The van der Waals surface area contributed by atoms with Gasteiger partial charge in [0.1, 0.15) is 5.75 Å². The fraction of sp³-hybridized carbons (Fsp3) is 0.217. The molecule has 0 spiro atoms. The summed E-state index contributed by atoms with van der Waals surface area (Å²) in [4.78, 5) is 11.5. The molecule has 1 saturated heterocycles. The Hall–Kier alpha value is -3.58. The first kappa shape index (κ1) is 18.4. The van der Waals surface area contributed by atoms with Gasteiger partial charge < -0.3 is 19.7 Å². The molecule has 30 heavy (non-hydrogen) atoms.